The molecule has 0 bridgehead atoms. The molecule has 68 valence electrons. The Balaban J connectivity index is 2.15. The maximum absolute atomic E-state index is 5.90. The highest BCUT2D eigenvalue weighted by Crippen LogP contribution is 2.19. The fourth-order valence-corrected chi connectivity index (χ4v) is 1.40. The summed E-state index contributed by atoms with van der Waals surface area (Å²) in [6.07, 6.45) is 1.88. The van der Waals surface area contributed by atoms with Crippen LogP contribution in [0.5, 0.6) is 0 Å². The second kappa shape index (κ2) is 3.81. The van der Waals surface area contributed by atoms with Crippen molar-refractivity contribution in [3.05, 3.63) is 41.4 Å². The maximum atomic E-state index is 5.90. The van der Waals surface area contributed by atoms with E-state index < -0.39 is 0 Å². The van der Waals surface area contributed by atoms with Crippen molar-refractivity contribution in [3.8, 4) is 0 Å². The molecule has 0 aromatic heterocycles. The molecule has 2 rings (SSSR count). The lowest BCUT2D eigenvalue weighted by molar-refractivity contribution is 0.131. The first-order chi connectivity index (χ1) is 6.36. The highest BCUT2D eigenvalue weighted by molar-refractivity contribution is 6.30. The first-order valence-corrected chi connectivity index (χ1v) is 4.54. The van der Waals surface area contributed by atoms with E-state index in [4.69, 9.17) is 16.4 Å². The van der Waals surface area contributed by atoms with E-state index in [1.54, 1.807) is 5.06 Å². The number of anilines is 1. The molecule has 0 radical (unpaired) electrons. The minimum absolute atomic E-state index is 0.549. The van der Waals surface area contributed by atoms with Gasteiger partial charge in [0.1, 0.15) is 0 Å². The molecule has 1 heterocycles. The predicted octanol–water partition coefficient (Wildman–Crippen LogP) is 2.56. The van der Waals surface area contributed by atoms with Gasteiger partial charge in [-0.3, -0.25) is 4.84 Å². The Morgan fingerprint density at radius 3 is 2.69 bits per heavy atom. The van der Waals surface area contributed by atoms with Gasteiger partial charge < -0.3 is 0 Å². The third kappa shape index (κ3) is 2.02. The van der Waals surface area contributed by atoms with Gasteiger partial charge in [0.15, 0.2) is 0 Å². The summed E-state index contributed by atoms with van der Waals surface area (Å²) in [5.41, 5.74) is 1.04. The number of hydrogen-bond donors (Lipinski definition) is 0. The van der Waals surface area contributed by atoms with Gasteiger partial charge in [0.05, 0.1) is 18.8 Å². The van der Waals surface area contributed by atoms with Crippen molar-refractivity contribution >= 4 is 17.3 Å². The number of hydroxylamine groups is 1. The molecule has 1 aromatic carbocycles. The fourth-order valence-electron chi connectivity index (χ4n) is 1.23. The molecular weight excluding hydrogens is 186 g/mol. The number of benzene rings is 1. The van der Waals surface area contributed by atoms with Crippen LogP contribution in [0.15, 0.2) is 41.4 Å². The van der Waals surface area contributed by atoms with E-state index in [1.165, 1.54) is 0 Å². The molecular formula is C10H10ClNO. The van der Waals surface area contributed by atoms with E-state index in [2.05, 4.69) is 0 Å². The van der Waals surface area contributed by atoms with Gasteiger partial charge in [0.25, 0.3) is 0 Å². The lowest BCUT2D eigenvalue weighted by atomic mass is 10.3. The summed E-state index contributed by atoms with van der Waals surface area (Å²) >= 11 is 5.90. The number of rotatable bonds is 1. The number of para-hydroxylation sites is 1. The van der Waals surface area contributed by atoms with E-state index >= 15 is 0 Å². The number of halogens is 1. The highest BCUT2D eigenvalue weighted by Gasteiger charge is 2.11. The van der Waals surface area contributed by atoms with Crippen molar-refractivity contribution in [1.29, 1.82) is 0 Å². The topological polar surface area (TPSA) is 12.5 Å². The Morgan fingerprint density at radius 2 is 2.00 bits per heavy atom. The monoisotopic (exact) mass is 195 g/mol. The summed E-state index contributed by atoms with van der Waals surface area (Å²) in [5.74, 6) is 0. The second-order valence-corrected chi connectivity index (χ2v) is 3.30. The largest absolute Gasteiger partial charge is 0.269 e. The van der Waals surface area contributed by atoms with Crippen molar-refractivity contribution < 1.29 is 4.84 Å². The molecule has 0 N–H and O–H groups in total. The van der Waals surface area contributed by atoms with Crippen LogP contribution in [0.4, 0.5) is 5.69 Å². The second-order valence-electron chi connectivity index (χ2n) is 2.82. The average molecular weight is 196 g/mol. The molecule has 1 aliphatic rings. The van der Waals surface area contributed by atoms with Crippen LogP contribution >= 0.6 is 11.6 Å². The van der Waals surface area contributed by atoms with E-state index in [9.17, 15) is 0 Å². The predicted molar refractivity (Wildman–Crippen MR) is 53.7 cm³/mol. The van der Waals surface area contributed by atoms with Crippen LogP contribution < -0.4 is 5.06 Å². The highest BCUT2D eigenvalue weighted by atomic mass is 35.5. The molecule has 0 atom stereocenters. The Morgan fingerprint density at radius 1 is 1.23 bits per heavy atom. The zero-order valence-corrected chi connectivity index (χ0v) is 7.87. The zero-order chi connectivity index (χ0) is 9.10. The van der Waals surface area contributed by atoms with Gasteiger partial charge in [0, 0.05) is 5.03 Å². The molecule has 0 fully saturated rings. The van der Waals surface area contributed by atoms with Crippen LogP contribution in [0.2, 0.25) is 0 Å². The van der Waals surface area contributed by atoms with Crippen molar-refractivity contribution in [2.24, 2.45) is 0 Å². The summed E-state index contributed by atoms with van der Waals surface area (Å²) in [4.78, 5) is 5.41. The van der Waals surface area contributed by atoms with Crippen molar-refractivity contribution in [2.45, 2.75) is 0 Å². The lowest BCUT2D eigenvalue weighted by Crippen LogP contribution is -2.28. The molecule has 3 heteroatoms. The van der Waals surface area contributed by atoms with Gasteiger partial charge in [0.2, 0.25) is 0 Å². The first kappa shape index (κ1) is 8.60. The van der Waals surface area contributed by atoms with E-state index in [0.717, 1.165) is 10.7 Å². The fraction of sp³-hybridized carbons (Fsp3) is 0.200. The van der Waals surface area contributed by atoms with Gasteiger partial charge in [-0.15, -0.1) is 0 Å². The Kier molecular flexibility index (Phi) is 2.52. The Labute approximate surface area is 82.3 Å². The normalized spacial score (nSPS) is 17.0. The van der Waals surface area contributed by atoms with Crippen LogP contribution in [0, 0.1) is 0 Å². The summed E-state index contributed by atoms with van der Waals surface area (Å²) in [6.45, 7) is 1.18. The Bertz CT molecular complexity index is 310. The summed E-state index contributed by atoms with van der Waals surface area (Å²) in [6, 6.07) is 9.92. The SMILES string of the molecule is ClC1=CCON(c2ccccc2)C1. The van der Waals surface area contributed by atoms with E-state index in [0.29, 0.717) is 13.2 Å². The van der Waals surface area contributed by atoms with Gasteiger partial charge in [-0.1, -0.05) is 29.8 Å². The molecule has 0 saturated heterocycles. The number of nitrogens with zero attached hydrogens (tertiary/aromatic N) is 1. The van der Waals surface area contributed by atoms with Crippen molar-refractivity contribution in [2.75, 3.05) is 18.2 Å². The Hall–Kier alpha value is -0.990. The quantitative estimate of drug-likeness (QED) is 0.683. The van der Waals surface area contributed by atoms with E-state index in [-0.39, 0.29) is 0 Å². The van der Waals surface area contributed by atoms with Crippen LogP contribution in [0.3, 0.4) is 0 Å². The molecule has 1 aliphatic heterocycles. The molecule has 0 aliphatic carbocycles. The summed E-state index contributed by atoms with van der Waals surface area (Å²) in [7, 11) is 0. The van der Waals surface area contributed by atoms with Crippen LogP contribution in [-0.2, 0) is 4.84 Å². The summed E-state index contributed by atoms with van der Waals surface area (Å²) in [5, 5.41) is 2.62. The van der Waals surface area contributed by atoms with Gasteiger partial charge in [-0.25, -0.2) is 5.06 Å². The molecule has 2 nitrogen and oxygen atoms in total. The van der Waals surface area contributed by atoms with E-state index in [1.807, 2.05) is 36.4 Å². The third-order valence-corrected chi connectivity index (χ3v) is 2.15. The third-order valence-electron chi connectivity index (χ3n) is 1.87. The molecule has 0 spiro atoms. The van der Waals surface area contributed by atoms with Crippen molar-refractivity contribution in [3.63, 3.8) is 0 Å². The maximum Gasteiger partial charge on any atom is 0.0945 e. The van der Waals surface area contributed by atoms with Crippen molar-refractivity contribution in [1.82, 2.24) is 0 Å². The van der Waals surface area contributed by atoms with Gasteiger partial charge >= 0.3 is 0 Å². The van der Waals surface area contributed by atoms with Crippen LogP contribution in [-0.4, -0.2) is 13.2 Å². The minimum atomic E-state index is 0.549. The molecule has 0 unspecified atom stereocenters. The zero-order valence-electron chi connectivity index (χ0n) is 7.11. The minimum Gasteiger partial charge on any atom is -0.269 e. The molecule has 0 saturated carbocycles. The van der Waals surface area contributed by atoms with Gasteiger partial charge in [-0.2, -0.15) is 0 Å². The average Bonchev–Trinajstić information content (AvgIpc) is 2.19. The smallest absolute Gasteiger partial charge is 0.0945 e. The molecule has 1 aromatic rings. The summed E-state index contributed by atoms with van der Waals surface area (Å²) < 4.78 is 0. The van der Waals surface area contributed by atoms with Crippen LogP contribution in [0.25, 0.3) is 0 Å². The number of hydrogen-bond acceptors (Lipinski definition) is 2. The van der Waals surface area contributed by atoms with Crippen LogP contribution in [0.1, 0.15) is 0 Å². The molecule has 13 heavy (non-hydrogen) atoms. The lowest BCUT2D eigenvalue weighted by Gasteiger charge is -2.26. The molecule has 0 amide bonds. The standard InChI is InChI=1S/C10H10ClNO/c11-9-6-7-13-12(8-9)10-4-2-1-3-5-10/h1-6H,7-8H2. The first-order valence-electron chi connectivity index (χ1n) is 4.16. The van der Waals surface area contributed by atoms with Gasteiger partial charge in [-0.05, 0) is 18.2 Å².